The zero-order valence-corrected chi connectivity index (χ0v) is 11.8. The Bertz CT molecular complexity index is 681. The zero-order chi connectivity index (χ0) is 15.4. The Morgan fingerprint density at radius 2 is 2.19 bits per heavy atom. The summed E-state index contributed by atoms with van der Waals surface area (Å²) < 4.78 is 10.3. The molecule has 0 saturated heterocycles. The van der Waals surface area contributed by atoms with E-state index in [1.165, 1.54) is 49.2 Å². The molecule has 8 heteroatoms. The number of nitro groups is 1. The van der Waals surface area contributed by atoms with Gasteiger partial charge in [-0.2, -0.15) is 0 Å². The minimum Gasteiger partial charge on any atom is -0.496 e. The lowest BCUT2D eigenvalue weighted by atomic mass is 10.2. The summed E-state index contributed by atoms with van der Waals surface area (Å²) in [5.41, 5.74) is 0.599. The van der Waals surface area contributed by atoms with Crippen molar-refractivity contribution in [2.75, 3.05) is 7.11 Å². The lowest BCUT2D eigenvalue weighted by Crippen LogP contribution is -1.94. The molecule has 0 saturated carbocycles. The van der Waals surface area contributed by atoms with Gasteiger partial charge >= 0.3 is 5.97 Å². The van der Waals surface area contributed by atoms with Crippen LogP contribution in [0, 0.1) is 10.1 Å². The van der Waals surface area contributed by atoms with Crippen molar-refractivity contribution < 1.29 is 24.0 Å². The Morgan fingerprint density at radius 1 is 1.43 bits per heavy atom. The lowest BCUT2D eigenvalue weighted by molar-refractivity contribution is -0.384. The number of nitro benzene ring substituents is 1. The van der Waals surface area contributed by atoms with Gasteiger partial charge in [0, 0.05) is 23.4 Å². The number of hydrogen-bond donors (Lipinski definition) is 1. The number of carbonyl (C=O) groups is 1. The van der Waals surface area contributed by atoms with Crippen LogP contribution in [0.4, 0.5) is 5.69 Å². The number of nitrogens with zero attached hydrogens (tertiary/aromatic N) is 1. The van der Waals surface area contributed by atoms with Gasteiger partial charge in [0.15, 0.2) is 5.09 Å². The number of methoxy groups -OCH3 is 1. The van der Waals surface area contributed by atoms with Crippen LogP contribution in [0.3, 0.4) is 0 Å². The standard InChI is InChI=1S/C13H11NO6S/c1-19-10-3-2-9(14(17)18)6-8(10)7-21-12-5-4-11(20-12)13(15)16/h2-6H,7H2,1H3,(H,15,16). The Morgan fingerprint density at radius 3 is 2.76 bits per heavy atom. The van der Waals surface area contributed by atoms with E-state index in [4.69, 9.17) is 14.3 Å². The minimum atomic E-state index is -1.14. The first-order valence-electron chi connectivity index (χ1n) is 5.78. The van der Waals surface area contributed by atoms with E-state index in [1.807, 2.05) is 0 Å². The first-order chi connectivity index (χ1) is 10.0. The van der Waals surface area contributed by atoms with E-state index < -0.39 is 10.9 Å². The van der Waals surface area contributed by atoms with Gasteiger partial charge in [0.2, 0.25) is 5.76 Å². The molecule has 0 bridgehead atoms. The fourth-order valence-corrected chi connectivity index (χ4v) is 2.49. The van der Waals surface area contributed by atoms with Gasteiger partial charge in [-0.15, -0.1) is 0 Å². The quantitative estimate of drug-likeness (QED) is 0.496. The van der Waals surface area contributed by atoms with Gasteiger partial charge < -0.3 is 14.3 Å². The second-order valence-electron chi connectivity index (χ2n) is 3.97. The number of ether oxygens (including phenoxy) is 1. The number of furan rings is 1. The number of carboxylic acid groups (broad SMARTS) is 1. The van der Waals surface area contributed by atoms with E-state index in [9.17, 15) is 14.9 Å². The third kappa shape index (κ3) is 3.54. The van der Waals surface area contributed by atoms with Crippen LogP contribution in [0.1, 0.15) is 16.1 Å². The molecular weight excluding hydrogens is 298 g/mol. The van der Waals surface area contributed by atoms with Crippen molar-refractivity contribution in [3.05, 3.63) is 51.8 Å². The van der Waals surface area contributed by atoms with Crippen LogP contribution in [0.2, 0.25) is 0 Å². The van der Waals surface area contributed by atoms with Crippen LogP contribution in [0.25, 0.3) is 0 Å². The van der Waals surface area contributed by atoms with Gasteiger partial charge in [0.25, 0.3) is 5.69 Å². The van der Waals surface area contributed by atoms with Gasteiger partial charge in [-0.25, -0.2) is 4.79 Å². The summed E-state index contributed by atoms with van der Waals surface area (Å²) >= 11 is 1.23. The van der Waals surface area contributed by atoms with E-state index in [2.05, 4.69) is 0 Å². The molecule has 0 aliphatic heterocycles. The molecule has 1 N–H and O–H groups in total. The number of non-ortho nitro benzene ring substituents is 1. The van der Waals surface area contributed by atoms with Crippen molar-refractivity contribution in [3.63, 3.8) is 0 Å². The average molecular weight is 309 g/mol. The number of thioether (sulfide) groups is 1. The maximum absolute atomic E-state index is 10.8. The van der Waals surface area contributed by atoms with Crippen molar-refractivity contribution in [3.8, 4) is 5.75 Å². The molecule has 0 unspecified atom stereocenters. The number of rotatable bonds is 6. The molecule has 1 aromatic heterocycles. The molecule has 1 aromatic carbocycles. The first kappa shape index (κ1) is 14.9. The van der Waals surface area contributed by atoms with Crippen molar-refractivity contribution in [1.29, 1.82) is 0 Å². The van der Waals surface area contributed by atoms with E-state index >= 15 is 0 Å². The predicted molar refractivity (Wildman–Crippen MR) is 74.9 cm³/mol. The molecule has 110 valence electrons. The fraction of sp³-hybridized carbons (Fsp3) is 0.154. The monoisotopic (exact) mass is 309 g/mol. The summed E-state index contributed by atoms with van der Waals surface area (Å²) in [4.78, 5) is 21.0. The normalized spacial score (nSPS) is 10.3. The molecule has 0 radical (unpaired) electrons. The summed E-state index contributed by atoms with van der Waals surface area (Å²) in [7, 11) is 1.48. The minimum absolute atomic E-state index is 0.0305. The Hall–Kier alpha value is -2.48. The highest BCUT2D eigenvalue weighted by Crippen LogP contribution is 2.31. The molecule has 0 aliphatic rings. The van der Waals surface area contributed by atoms with Crippen molar-refractivity contribution in [2.45, 2.75) is 10.8 Å². The highest BCUT2D eigenvalue weighted by Gasteiger charge is 2.14. The van der Waals surface area contributed by atoms with Gasteiger partial charge in [0.1, 0.15) is 5.75 Å². The molecule has 21 heavy (non-hydrogen) atoms. The van der Waals surface area contributed by atoms with E-state index in [0.29, 0.717) is 22.2 Å². The highest BCUT2D eigenvalue weighted by molar-refractivity contribution is 7.98. The number of carboxylic acids is 1. The third-order valence-electron chi connectivity index (χ3n) is 2.64. The maximum atomic E-state index is 10.8. The Balaban J connectivity index is 2.15. The van der Waals surface area contributed by atoms with Gasteiger partial charge in [0.05, 0.1) is 12.0 Å². The Kier molecular flexibility index (Phi) is 4.49. The molecule has 0 atom stereocenters. The zero-order valence-electron chi connectivity index (χ0n) is 10.9. The third-order valence-corrected chi connectivity index (χ3v) is 3.60. The van der Waals surface area contributed by atoms with Crippen LogP contribution in [0.5, 0.6) is 5.75 Å². The summed E-state index contributed by atoms with van der Waals surface area (Å²) in [5, 5.41) is 20.0. The number of hydrogen-bond acceptors (Lipinski definition) is 6. The van der Waals surface area contributed by atoms with Crippen LogP contribution >= 0.6 is 11.8 Å². The summed E-state index contributed by atoms with van der Waals surface area (Å²) in [6.07, 6.45) is 0. The topological polar surface area (TPSA) is 103 Å². The van der Waals surface area contributed by atoms with Crippen molar-refractivity contribution in [1.82, 2.24) is 0 Å². The van der Waals surface area contributed by atoms with Crippen LogP contribution in [-0.2, 0) is 5.75 Å². The SMILES string of the molecule is COc1ccc([N+](=O)[O-])cc1CSc1ccc(C(=O)O)o1. The van der Waals surface area contributed by atoms with Gasteiger partial charge in [-0.3, -0.25) is 10.1 Å². The molecule has 0 amide bonds. The number of benzene rings is 1. The van der Waals surface area contributed by atoms with Crippen LogP contribution in [-0.4, -0.2) is 23.1 Å². The van der Waals surface area contributed by atoms with E-state index in [0.717, 1.165) is 0 Å². The second kappa shape index (κ2) is 6.31. The molecule has 2 rings (SSSR count). The molecule has 2 aromatic rings. The summed E-state index contributed by atoms with van der Waals surface area (Å²) in [6.45, 7) is 0. The van der Waals surface area contributed by atoms with Crippen LogP contribution < -0.4 is 4.74 Å². The molecule has 0 spiro atoms. The van der Waals surface area contributed by atoms with Gasteiger partial charge in [-0.05, 0) is 18.2 Å². The van der Waals surface area contributed by atoms with E-state index in [-0.39, 0.29) is 11.4 Å². The second-order valence-corrected chi connectivity index (χ2v) is 4.95. The van der Waals surface area contributed by atoms with E-state index in [1.54, 1.807) is 0 Å². The van der Waals surface area contributed by atoms with Crippen molar-refractivity contribution >= 4 is 23.4 Å². The predicted octanol–water partition coefficient (Wildman–Crippen LogP) is 3.19. The van der Waals surface area contributed by atoms with Crippen LogP contribution in [0.15, 0.2) is 39.8 Å². The maximum Gasteiger partial charge on any atom is 0.371 e. The van der Waals surface area contributed by atoms with Gasteiger partial charge in [-0.1, -0.05) is 11.8 Å². The largest absolute Gasteiger partial charge is 0.496 e. The summed E-state index contributed by atoms with van der Waals surface area (Å²) in [6, 6.07) is 7.21. The molecular formula is C13H11NO6S. The first-order valence-corrected chi connectivity index (χ1v) is 6.77. The molecule has 0 aliphatic carbocycles. The average Bonchev–Trinajstić information content (AvgIpc) is 2.93. The van der Waals surface area contributed by atoms with Crippen molar-refractivity contribution in [2.24, 2.45) is 0 Å². The lowest BCUT2D eigenvalue weighted by Gasteiger charge is -2.07. The molecule has 1 heterocycles. The number of aromatic carboxylic acids is 1. The molecule has 0 fully saturated rings. The summed E-state index contributed by atoms with van der Waals surface area (Å²) in [5.74, 6) is -0.409. The smallest absolute Gasteiger partial charge is 0.371 e. The fourth-order valence-electron chi connectivity index (χ4n) is 1.65. The molecule has 7 nitrogen and oxygen atoms in total. The highest BCUT2D eigenvalue weighted by atomic mass is 32.2. The Labute approximate surface area is 123 Å².